The Labute approximate surface area is 116 Å². The number of hydroxylamine groups is 2. The van der Waals surface area contributed by atoms with Crippen molar-refractivity contribution >= 4 is 5.91 Å². The second-order valence-electron chi connectivity index (χ2n) is 6.53. The smallest absolute Gasteiger partial charge is 0.251 e. The monoisotopic (exact) mass is 263 g/mol. The predicted octanol–water partition coefficient (Wildman–Crippen LogP) is 3.65. The average Bonchev–Trinajstić information content (AvgIpc) is 2.28. The normalized spacial score (nSPS) is 11.7. The summed E-state index contributed by atoms with van der Waals surface area (Å²) in [4.78, 5) is 11.9. The zero-order chi connectivity index (χ0) is 14.6. The molecule has 106 valence electrons. The molecule has 1 rings (SSSR count). The quantitative estimate of drug-likeness (QED) is 0.665. The van der Waals surface area contributed by atoms with Crippen molar-refractivity contribution in [2.24, 2.45) is 11.3 Å². The van der Waals surface area contributed by atoms with Gasteiger partial charge in [0.15, 0.2) is 0 Å². The van der Waals surface area contributed by atoms with Crippen molar-refractivity contribution in [3.8, 4) is 0 Å². The van der Waals surface area contributed by atoms with Crippen LogP contribution in [-0.2, 0) is 17.8 Å². The molecule has 0 unspecified atom stereocenters. The fourth-order valence-electron chi connectivity index (χ4n) is 1.88. The Morgan fingerprint density at radius 3 is 2.05 bits per heavy atom. The standard InChI is InChI=1S/C16H25NO2/c1-12(2)10-13-6-8-14(9-7-13)11-17(19)15(18)16(3,4)5/h6-9,12,19H,10-11H2,1-5H3. The number of carbonyl (C=O) groups excluding carboxylic acids is 1. The summed E-state index contributed by atoms with van der Waals surface area (Å²) in [6.45, 7) is 9.99. The molecule has 3 heteroatoms. The first-order valence-corrected chi connectivity index (χ1v) is 6.79. The molecule has 0 saturated carbocycles. The largest absolute Gasteiger partial charge is 0.286 e. The molecule has 3 nitrogen and oxygen atoms in total. The zero-order valence-corrected chi connectivity index (χ0v) is 12.6. The van der Waals surface area contributed by atoms with E-state index in [0.717, 1.165) is 17.0 Å². The van der Waals surface area contributed by atoms with E-state index < -0.39 is 5.41 Å². The van der Waals surface area contributed by atoms with Crippen LogP contribution < -0.4 is 0 Å². The minimum Gasteiger partial charge on any atom is -0.286 e. The summed E-state index contributed by atoms with van der Waals surface area (Å²) < 4.78 is 0. The molecule has 1 aromatic carbocycles. The van der Waals surface area contributed by atoms with Crippen LogP contribution in [0.2, 0.25) is 0 Å². The summed E-state index contributed by atoms with van der Waals surface area (Å²) in [6.07, 6.45) is 1.05. The lowest BCUT2D eigenvalue weighted by Crippen LogP contribution is -2.36. The van der Waals surface area contributed by atoms with Crippen LogP contribution in [0.15, 0.2) is 24.3 Å². The van der Waals surface area contributed by atoms with Crippen LogP contribution in [-0.4, -0.2) is 16.2 Å². The first kappa shape index (κ1) is 15.7. The van der Waals surface area contributed by atoms with Gasteiger partial charge in [0.1, 0.15) is 0 Å². The van der Waals surface area contributed by atoms with E-state index in [4.69, 9.17) is 0 Å². The fraction of sp³-hybridized carbons (Fsp3) is 0.562. The lowest BCUT2D eigenvalue weighted by molar-refractivity contribution is -0.177. The second kappa shape index (κ2) is 6.20. The van der Waals surface area contributed by atoms with Crippen LogP contribution in [0.5, 0.6) is 0 Å². The van der Waals surface area contributed by atoms with Gasteiger partial charge < -0.3 is 0 Å². The van der Waals surface area contributed by atoms with E-state index in [9.17, 15) is 10.0 Å². The number of nitrogens with zero attached hydrogens (tertiary/aromatic N) is 1. The molecule has 1 aromatic rings. The number of rotatable bonds is 4. The molecule has 0 spiro atoms. The van der Waals surface area contributed by atoms with E-state index in [-0.39, 0.29) is 12.5 Å². The molecule has 19 heavy (non-hydrogen) atoms. The van der Waals surface area contributed by atoms with Gasteiger partial charge in [-0.05, 0) is 23.5 Å². The SMILES string of the molecule is CC(C)Cc1ccc(CN(O)C(=O)C(C)(C)C)cc1. The number of hydrogen-bond donors (Lipinski definition) is 1. The summed E-state index contributed by atoms with van der Waals surface area (Å²) in [7, 11) is 0. The highest BCUT2D eigenvalue weighted by Crippen LogP contribution is 2.18. The summed E-state index contributed by atoms with van der Waals surface area (Å²) >= 11 is 0. The zero-order valence-electron chi connectivity index (χ0n) is 12.6. The van der Waals surface area contributed by atoms with Crippen molar-refractivity contribution in [2.45, 2.75) is 47.6 Å². The van der Waals surface area contributed by atoms with Gasteiger partial charge in [-0.1, -0.05) is 58.9 Å². The van der Waals surface area contributed by atoms with E-state index in [0.29, 0.717) is 5.92 Å². The predicted molar refractivity (Wildman–Crippen MR) is 76.8 cm³/mol. The third-order valence-electron chi connectivity index (χ3n) is 2.88. The summed E-state index contributed by atoms with van der Waals surface area (Å²) in [5, 5.41) is 10.6. The minimum absolute atomic E-state index is 0.234. The molecule has 0 saturated heterocycles. The molecule has 0 fully saturated rings. The van der Waals surface area contributed by atoms with E-state index >= 15 is 0 Å². The third-order valence-corrected chi connectivity index (χ3v) is 2.88. The maximum absolute atomic E-state index is 11.9. The Balaban J connectivity index is 2.65. The van der Waals surface area contributed by atoms with Gasteiger partial charge in [-0.15, -0.1) is 0 Å². The van der Waals surface area contributed by atoms with Crippen molar-refractivity contribution < 1.29 is 10.0 Å². The molecule has 0 aromatic heterocycles. The molecular formula is C16H25NO2. The first-order chi connectivity index (χ1) is 8.70. The van der Waals surface area contributed by atoms with Crippen LogP contribution >= 0.6 is 0 Å². The Hall–Kier alpha value is -1.35. The van der Waals surface area contributed by atoms with Gasteiger partial charge in [0.2, 0.25) is 0 Å². The molecule has 1 N–H and O–H groups in total. The Kier molecular flexibility index (Phi) is 5.12. The number of carbonyl (C=O) groups is 1. The number of hydrogen-bond acceptors (Lipinski definition) is 2. The van der Waals surface area contributed by atoms with Crippen molar-refractivity contribution in [1.29, 1.82) is 0 Å². The van der Waals surface area contributed by atoms with Crippen LogP contribution in [0.3, 0.4) is 0 Å². The van der Waals surface area contributed by atoms with Gasteiger partial charge in [-0.3, -0.25) is 10.0 Å². The Morgan fingerprint density at radius 2 is 1.63 bits per heavy atom. The Bertz CT molecular complexity index is 415. The van der Waals surface area contributed by atoms with E-state index in [2.05, 4.69) is 26.0 Å². The number of benzene rings is 1. The molecule has 0 atom stereocenters. The first-order valence-electron chi connectivity index (χ1n) is 6.79. The highest BCUT2D eigenvalue weighted by Gasteiger charge is 2.26. The van der Waals surface area contributed by atoms with Gasteiger partial charge >= 0.3 is 0 Å². The van der Waals surface area contributed by atoms with Crippen molar-refractivity contribution in [3.63, 3.8) is 0 Å². The third kappa shape index (κ3) is 5.03. The number of amides is 1. The molecule has 0 heterocycles. The van der Waals surface area contributed by atoms with Crippen molar-refractivity contribution in [3.05, 3.63) is 35.4 Å². The van der Waals surface area contributed by atoms with E-state index in [1.807, 2.05) is 12.1 Å². The van der Waals surface area contributed by atoms with Crippen LogP contribution in [0.4, 0.5) is 0 Å². The summed E-state index contributed by atoms with van der Waals surface area (Å²) in [6, 6.07) is 8.06. The van der Waals surface area contributed by atoms with Gasteiger partial charge in [-0.2, -0.15) is 0 Å². The molecule has 1 amide bonds. The summed E-state index contributed by atoms with van der Waals surface area (Å²) in [5.41, 5.74) is 1.66. The summed E-state index contributed by atoms with van der Waals surface area (Å²) in [5.74, 6) is 0.362. The van der Waals surface area contributed by atoms with Gasteiger partial charge in [0.05, 0.1) is 6.54 Å². The van der Waals surface area contributed by atoms with E-state index in [1.165, 1.54) is 5.56 Å². The average molecular weight is 263 g/mol. The minimum atomic E-state index is -0.563. The molecule has 0 aliphatic carbocycles. The highest BCUT2D eigenvalue weighted by atomic mass is 16.5. The lowest BCUT2D eigenvalue weighted by Gasteiger charge is -2.24. The van der Waals surface area contributed by atoms with Crippen LogP contribution in [0.25, 0.3) is 0 Å². The van der Waals surface area contributed by atoms with Crippen LogP contribution in [0, 0.1) is 11.3 Å². The van der Waals surface area contributed by atoms with Gasteiger partial charge in [0, 0.05) is 5.41 Å². The van der Waals surface area contributed by atoms with Gasteiger partial charge in [-0.25, -0.2) is 5.06 Å². The highest BCUT2D eigenvalue weighted by molar-refractivity contribution is 5.80. The Morgan fingerprint density at radius 1 is 1.16 bits per heavy atom. The van der Waals surface area contributed by atoms with Crippen molar-refractivity contribution in [2.75, 3.05) is 0 Å². The lowest BCUT2D eigenvalue weighted by atomic mass is 9.95. The maximum Gasteiger partial charge on any atom is 0.251 e. The van der Waals surface area contributed by atoms with Crippen molar-refractivity contribution in [1.82, 2.24) is 5.06 Å². The molecule has 0 bridgehead atoms. The molecule has 0 aliphatic rings. The maximum atomic E-state index is 11.9. The second-order valence-corrected chi connectivity index (χ2v) is 6.53. The molecule has 0 aliphatic heterocycles. The van der Waals surface area contributed by atoms with E-state index in [1.54, 1.807) is 20.8 Å². The topological polar surface area (TPSA) is 40.5 Å². The molecule has 0 radical (unpaired) electrons. The van der Waals surface area contributed by atoms with Gasteiger partial charge in [0.25, 0.3) is 5.91 Å². The van der Waals surface area contributed by atoms with Crippen LogP contribution in [0.1, 0.15) is 45.7 Å². The molecular weight excluding hydrogens is 238 g/mol. The fourth-order valence-corrected chi connectivity index (χ4v) is 1.88.